The van der Waals surface area contributed by atoms with Gasteiger partial charge in [0.25, 0.3) is 0 Å². The molecule has 1 heterocycles. The van der Waals surface area contributed by atoms with Gasteiger partial charge in [-0.3, -0.25) is 4.79 Å². The minimum atomic E-state index is -0.500. The number of anilines is 1. The van der Waals surface area contributed by atoms with Crippen LogP contribution in [0.3, 0.4) is 0 Å². The number of amides is 1. The normalized spacial score (nSPS) is 10.7. The van der Waals surface area contributed by atoms with Gasteiger partial charge in [-0.1, -0.05) is 24.6 Å². The first-order chi connectivity index (χ1) is 11.0. The molecule has 0 aliphatic heterocycles. The second-order valence-corrected chi connectivity index (χ2v) is 6.40. The Labute approximate surface area is 143 Å². The molecule has 1 aromatic carbocycles. The van der Waals surface area contributed by atoms with E-state index in [-0.39, 0.29) is 10.6 Å². The minimum Gasteiger partial charge on any atom is -0.313 e. The number of carbonyl (C=O) groups excluding carboxylic acids is 1. The fourth-order valence-corrected chi connectivity index (χ4v) is 3.52. The average molecular weight is 349 g/mol. The Morgan fingerprint density at radius 2 is 2.26 bits per heavy atom. The number of nitrogens with one attached hydrogen (secondary N) is 1. The molecule has 118 valence electrons. The molecule has 2 aromatic rings. The summed E-state index contributed by atoms with van der Waals surface area (Å²) in [5.41, 5.74) is 1.58. The third-order valence-electron chi connectivity index (χ3n) is 3.31. The standard InChI is InChI=1S/C17H14ClFN2OS/c1-3-11-10(2)23-17(13(11)9-20)21-16(22)8-7-12-14(18)5-4-6-15(12)19/h4-8H,3H2,1-2H3,(H,21,22). The molecule has 3 nitrogen and oxygen atoms in total. The molecule has 0 aliphatic rings. The molecule has 23 heavy (non-hydrogen) atoms. The van der Waals surface area contributed by atoms with Gasteiger partial charge in [0.05, 0.1) is 10.6 Å². The summed E-state index contributed by atoms with van der Waals surface area (Å²) >= 11 is 7.26. The average Bonchev–Trinajstić information content (AvgIpc) is 2.81. The smallest absolute Gasteiger partial charge is 0.249 e. The van der Waals surface area contributed by atoms with Gasteiger partial charge in [0.1, 0.15) is 16.9 Å². The lowest BCUT2D eigenvalue weighted by Crippen LogP contribution is -2.07. The second-order valence-electron chi connectivity index (χ2n) is 4.76. The van der Waals surface area contributed by atoms with Crippen LogP contribution in [0.4, 0.5) is 9.39 Å². The Balaban J connectivity index is 2.21. The van der Waals surface area contributed by atoms with Crippen molar-refractivity contribution in [3.8, 4) is 6.07 Å². The topological polar surface area (TPSA) is 52.9 Å². The lowest BCUT2D eigenvalue weighted by Gasteiger charge is -2.01. The summed E-state index contributed by atoms with van der Waals surface area (Å²) < 4.78 is 13.6. The number of rotatable bonds is 4. The maximum atomic E-state index is 13.6. The van der Waals surface area contributed by atoms with E-state index in [1.165, 1.54) is 35.6 Å². The lowest BCUT2D eigenvalue weighted by molar-refractivity contribution is -0.111. The first-order valence-electron chi connectivity index (χ1n) is 6.93. The molecular formula is C17H14ClFN2OS. The van der Waals surface area contributed by atoms with Gasteiger partial charge in [0.2, 0.25) is 5.91 Å². The van der Waals surface area contributed by atoms with Crippen LogP contribution in [0, 0.1) is 24.1 Å². The SMILES string of the molecule is CCc1c(C)sc(NC(=O)C=Cc2c(F)cccc2Cl)c1C#N. The van der Waals surface area contributed by atoms with E-state index in [2.05, 4.69) is 11.4 Å². The van der Waals surface area contributed by atoms with E-state index < -0.39 is 11.7 Å². The van der Waals surface area contributed by atoms with Gasteiger partial charge < -0.3 is 5.32 Å². The summed E-state index contributed by atoms with van der Waals surface area (Å²) in [6, 6.07) is 6.44. The molecule has 2 rings (SSSR count). The van der Waals surface area contributed by atoms with E-state index in [0.717, 1.165) is 16.9 Å². The van der Waals surface area contributed by atoms with E-state index >= 15 is 0 Å². The van der Waals surface area contributed by atoms with E-state index in [1.807, 2.05) is 13.8 Å². The molecule has 0 saturated carbocycles. The predicted octanol–water partition coefficient (Wildman–Crippen LogP) is 4.94. The van der Waals surface area contributed by atoms with E-state index in [0.29, 0.717) is 10.6 Å². The Hall–Kier alpha value is -2.16. The number of benzene rings is 1. The second kappa shape index (κ2) is 7.40. The van der Waals surface area contributed by atoms with Crippen molar-refractivity contribution in [3.05, 3.63) is 56.7 Å². The fraction of sp³-hybridized carbons (Fsp3) is 0.176. The van der Waals surface area contributed by atoms with Crippen molar-refractivity contribution in [2.24, 2.45) is 0 Å². The van der Waals surface area contributed by atoms with E-state index in [4.69, 9.17) is 11.6 Å². The van der Waals surface area contributed by atoms with Crippen molar-refractivity contribution in [2.75, 3.05) is 5.32 Å². The zero-order valence-corrected chi connectivity index (χ0v) is 14.2. The zero-order valence-electron chi connectivity index (χ0n) is 12.6. The summed E-state index contributed by atoms with van der Waals surface area (Å²) in [4.78, 5) is 13.0. The highest BCUT2D eigenvalue weighted by atomic mass is 35.5. The maximum Gasteiger partial charge on any atom is 0.249 e. The van der Waals surface area contributed by atoms with Gasteiger partial charge in [-0.05, 0) is 37.1 Å². The number of carbonyl (C=O) groups is 1. The molecule has 0 radical (unpaired) electrons. The zero-order chi connectivity index (χ0) is 17.0. The largest absolute Gasteiger partial charge is 0.313 e. The fourth-order valence-electron chi connectivity index (χ4n) is 2.19. The van der Waals surface area contributed by atoms with Gasteiger partial charge in [-0.25, -0.2) is 4.39 Å². The number of nitrogens with zero attached hydrogens (tertiary/aromatic N) is 1. The molecule has 1 amide bonds. The van der Waals surface area contributed by atoms with Crippen molar-refractivity contribution in [3.63, 3.8) is 0 Å². The van der Waals surface area contributed by atoms with Crippen LogP contribution in [0.2, 0.25) is 5.02 Å². The molecular weight excluding hydrogens is 335 g/mol. The molecule has 1 N–H and O–H groups in total. The highest BCUT2D eigenvalue weighted by Crippen LogP contribution is 2.32. The summed E-state index contributed by atoms with van der Waals surface area (Å²) in [5.74, 6) is -0.941. The maximum absolute atomic E-state index is 13.6. The van der Waals surface area contributed by atoms with Crippen LogP contribution in [0.5, 0.6) is 0 Å². The van der Waals surface area contributed by atoms with Crippen molar-refractivity contribution in [1.29, 1.82) is 5.26 Å². The number of halogens is 2. The number of hydrogen-bond donors (Lipinski definition) is 1. The van der Waals surface area contributed by atoms with Gasteiger partial charge in [0.15, 0.2) is 0 Å². The third kappa shape index (κ3) is 3.79. The number of aryl methyl sites for hydroxylation is 1. The molecule has 0 spiro atoms. The monoisotopic (exact) mass is 348 g/mol. The lowest BCUT2D eigenvalue weighted by atomic mass is 10.1. The van der Waals surface area contributed by atoms with Crippen molar-refractivity contribution in [1.82, 2.24) is 0 Å². The van der Waals surface area contributed by atoms with Crippen molar-refractivity contribution < 1.29 is 9.18 Å². The quantitative estimate of drug-likeness (QED) is 0.796. The summed E-state index contributed by atoms with van der Waals surface area (Å²) in [6.45, 7) is 3.87. The van der Waals surface area contributed by atoms with Crippen LogP contribution in [0.1, 0.15) is 28.5 Å². The van der Waals surface area contributed by atoms with Crippen LogP contribution in [0.15, 0.2) is 24.3 Å². The van der Waals surface area contributed by atoms with Crippen LogP contribution in [-0.2, 0) is 11.2 Å². The van der Waals surface area contributed by atoms with Crippen molar-refractivity contribution in [2.45, 2.75) is 20.3 Å². The highest BCUT2D eigenvalue weighted by molar-refractivity contribution is 7.16. The van der Waals surface area contributed by atoms with Crippen LogP contribution < -0.4 is 5.32 Å². The molecule has 0 fully saturated rings. The Kier molecular flexibility index (Phi) is 5.54. The van der Waals surface area contributed by atoms with Crippen LogP contribution in [0.25, 0.3) is 6.08 Å². The van der Waals surface area contributed by atoms with E-state index in [1.54, 1.807) is 6.07 Å². The van der Waals surface area contributed by atoms with Crippen molar-refractivity contribution >= 4 is 39.9 Å². The molecule has 0 unspecified atom stereocenters. The van der Waals surface area contributed by atoms with Gasteiger partial charge in [-0.2, -0.15) is 5.26 Å². The molecule has 0 atom stereocenters. The van der Waals surface area contributed by atoms with Gasteiger partial charge >= 0.3 is 0 Å². The first kappa shape index (κ1) is 17.2. The molecule has 6 heteroatoms. The molecule has 0 aliphatic carbocycles. The molecule has 1 aromatic heterocycles. The van der Waals surface area contributed by atoms with E-state index in [9.17, 15) is 14.4 Å². The van der Waals surface area contributed by atoms with Gasteiger partial charge in [-0.15, -0.1) is 11.3 Å². The third-order valence-corrected chi connectivity index (χ3v) is 4.70. The van der Waals surface area contributed by atoms with Crippen LogP contribution in [-0.4, -0.2) is 5.91 Å². The molecule has 0 bridgehead atoms. The summed E-state index contributed by atoms with van der Waals surface area (Å²) in [6.07, 6.45) is 3.24. The highest BCUT2D eigenvalue weighted by Gasteiger charge is 2.15. The van der Waals surface area contributed by atoms with Gasteiger partial charge in [0, 0.05) is 16.5 Å². The predicted molar refractivity (Wildman–Crippen MR) is 92.2 cm³/mol. The Morgan fingerprint density at radius 1 is 1.52 bits per heavy atom. The Bertz CT molecular complexity index is 800. The summed E-state index contributed by atoms with van der Waals surface area (Å²) in [7, 11) is 0. The molecule has 0 saturated heterocycles. The number of hydrogen-bond acceptors (Lipinski definition) is 3. The van der Waals surface area contributed by atoms with Crippen LogP contribution >= 0.6 is 22.9 Å². The summed E-state index contributed by atoms with van der Waals surface area (Å²) in [5, 5.41) is 12.7. The Morgan fingerprint density at radius 3 is 2.87 bits per heavy atom. The number of thiophene rings is 1. The number of nitriles is 1. The minimum absolute atomic E-state index is 0.154. The first-order valence-corrected chi connectivity index (χ1v) is 8.12.